The summed E-state index contributed by atoms with van der Waals surface area (Å²) in [6, 6.07) is 5.76. The highest BCUT2D eigenvalue weighted by molar-refractivity contribution is 5.95. The van der Waals surface area contributed by atoms with Crippen LogP contribution in [0.5, 0.6) is 0 Å². The van der Waals surface area contributed by atoms with Gasteiger partial charge in [0.05, 0.1) is 0 Å². The molecule has 0 aliphatic carbocycles. The number of carbonyl (C=O) groups excluding carboxylic acids is 1. The molecular formula is C15H17N3O2. The minimum atomic E-state index is -0.123. The van der Waals surface area contributed by atoms with Crippen molar-refractivity contribution in [1.29, 1.82) is 0 Å². The van der Waals surface area contributed by atoms with Gasteiger partial charge in [-0.1, -0.05) is 0 Å². The molecule has 2 aromatic rings. The Morgan fingerprint density at radius 2 is 2.25 bits per heavy atom. The van der Waals surface area contributed by atoms with E-state index in [1.165, 1.54) is 25.9 Å². The minimum Gasteiger partial charge on any atom is -0.433 e. The van der Waals surface area contributed by atoms with E-state index < -0.39 is 0 Å². The summed E-state index contributed by atoms with van der Waals surface area (Å²) in [5, 5.41) is 3.99. The van der Waals surface area contributed by atoms with E-state index in [4.69, 9.17) is 4.42 Å². The summed E-state index contributed by atoms with van der Waals surface area (Å²) in [5.41, 5.74) is 0.520. The quantitative estimate of drug-likeness (QED) is 0.902. The molecule has 3 fully saturated rings. The monoisotopic (exact) mass is 271 g/mol. The zero-order valence-electron chi connectivity index (χ0n) is 11.2. The maximum absolute atomic E-state index is 12.3. The van der Waals surface area contributed by atoms with Gasteiger partial charge in [0.15, 0.2) is 5.76 Å². The highest BCUT2D eigenvalue weighted by atomic mass is 16.4. The van der Waals surface area contributed by atoms with Crippen LogP contribution in [0.2, 0.25) is 0 Å². The number of furan rings is 1. The molecule has 5 heterocycles. The highest BCUT2D eigenvalue weighted by Gasteiger charge is 2.35. The first-order chi connectivity index (χ1) is 9.79. The standard InChI is InChI=1S/C15H17N3O2/c19-14(13-8-11-2-1-5-16-15(11)20-13)17-12-9-18-6-3-10(12)4-7-18/h1-2,5,8,10,12H,3-4,6-7,9H2,(H,17,19)/t12-/m1/s1. The van der Waals surface area contributed by atoms with Crippen molar-refractivity contribution in [3.8, 4) is 0 Å². The average Bonchev–Trinajstić information content (AvgIpc) is 2.92. The van der Waals surface area contributed by atoms with E-state index >= 15 is 0 Å². The molecule has 20 heavy (non-hydrogen) atoms. The van der Waals surface area contributed by atoms with Crippen molar-refractivity contribution < 1.29 is 9.21 Å². The zero-order valence-corrected chi connectivity index (χ0v) is 11.2. The maximum atomic E-state index is 12.3. The number of amides is 1. The van der Waals surface area contributed by atoms with Crippen molar-refractivity contribution in [3.05, 3.63) is 30.2 Å². The minimum absolute atomic E-state index is 0.123. The number of rotatable bonds is 2. The SMILES string of the molecule is O=C(N[C@@H]1CN2CCC1CC2)c1cc2cccnc2o1. The number of fused-ring (bicyclic) bond motifs is 4. The first-order valence-electron chi connectivity index (χ1n) is 7.17. The van der Waals surface area contributed by atoms with Gasteiger partial charge in [-0.05, 0) is 50.0 Å². The number of carbonyl (C=O) groups is 1. The van der Waals surface area contributed by atoms with Gasteiger partial charge in [-0.3, -0.25) is 4.79 Å². The van der Waals surface area contributed by atoms with Crippen molar-refractivity contribution >= 4 is 17.0 Å². The van der Waals surface area contributed by atoms with Crippen LogP contribution < -0.4 is 5.32 Å². The van der Waals surface area contributed by atoms with Gasteiger partial charge in [-0.15, -0.1) is 0 Å². The number of hydrogen-bond acceptors (Lipinski definition) is 4. The van der Waals surface area contributed by atoms with Gasteiger partial charge in [0.2, 0.25) is 5.71 Å². The van der Waals surface area contributed by atoms with Crippen molar-refractivity contribution in [1.82, 2.24) is 15.2 Å². The molecule has 1 atom stereocenters. The Kier molecular flexibility index (Phi) is 2.73. The van der Waals surface area contributed by atoms with E-state index in [0.29, 0.717) is 17.4 Å². The van der Waals surface area contributed by atoms with Crippen LogP contribution in [0, 0.1) is 5.92 Å². The van der Waals surface area contributed by atoms with E-state index in [9.17, 15) is 4.79 Å². The van der Waals surface area contributed by atoms with Gasteiger partial charge in [-0.25, -0.2) is 4.98 Å². The first kappa shape index (κ1) is 11.9. The smallest absolute Gasteiger partial charge is 0.287 e. The van der Waals surface area contributed by atoms with Crippen LogP contribution in [0.3, 0.4) is 0 Å². The van der Waals surface area contributed by atoms with Gasteiger partial charge in [-0.2, -0.15) is 0 Å². The van der Waals surface area contributed by atoms with E-state index in [-0.39, 0.29) is 11.9 Å². The Morgan fingerprint density at radius 1 is 1.40 bits per heavy atom. The van der Waals surface area contributed by atoms with Crippen LogP contribution in [0.15, 0.2) is 28.8 Å². The molecule has 1 amide bonds. The lowest BCUT2D eigenvalue weighted by molar-refractivity contribution is 0.0607. The van der Waals surface area contributed by atoms with E-state index in [1.807, 2.05) is 12.1 Å². The molecule has 0 radical (unpaired) electrons. The topological polar surface area (TPSA) is 58.4 Å². The summed E-state index contributed by atoms with van der Waals surface area (Å²) in [6.45, 7) is 3.31. The summed E-state index contributed by atoms with van der Waals surface area (Å²) in [7, 11) is 0. The second-order valence-electron chi connectivity index (χ2n) is 5.73. The molecule has 5 heteroatoms. The fourth-order valence-electron chi connectivity index (χ4n) is 3.35. The lowest BCUT2D eigenvalue weighted by Gasteiger charge is -2.44. The Bertz CT molecular complexity index is 610. The van der Waals surface area contributed by atoms with Crippen molar-refractivity contribution in [2.45, 2.75) is 18.9 Å². The summed E-state index contributed by atoms with van der Waals surface area (Å²) < 4.78 is 5.51. The molecule has 3 saturated heterocycles. The van der Waals surface area contributed by atoms with Crippen molar-refractivity contribution in [2.24, 2.45) is 5.92 Å². The van der Waals surface area contributed by atoms with Crippen LogP contribution in [0.4, 0.5) is 0 Å². The second kappa shape index (κ2) is 4.59. The Balaban J connectivity index is 1.52. The predicted molar refractivity (Wildman–Crippen MR) is 74.4 cm³/mol. The highest BCUT2D eigenvalue weighted by Crippen LogP contribution is 2.28. The Labute approximate surface area is 117 Å². The first-order valence-corrected chi connectivity index (χ1v) is 7.17. The Morgan fingerprint density at radius 3 is 2.95 bits per heavy atom. The van der Waals surface area contributed by atoms with Gasteiger partial charge in [0.1, 0.15) is 0 Å². The number of pyridine rings is 1. The maximum Gasteiger partial charge on any atom is 0.287 e. The van der Waals surface area contributed by atoms with E-state index in [2.05, 4.69) is 15.2 Å². The predicted octanol–water partition coefficient (Wildman–Crippen LogP) is 1.65. The van der Waals surface area contributed by atoms with Crippen LogP contribution in [0.25, 0.3) is 11.1 Å². The third-order valence-corrected chi connectivity index (χ3v) is 4.49. The largest absolute Gasteiger partial charge is 0.433 e. The number of nitrogens with one attached hydrogen (secondary N) is 1. The van der Waals surface area contributed by atoms with Crippen molar-refractivity contribution in [3.63, 3.8) is 0 Å². The molecule has 5 nitrogen and oxygen atoms in total. The average molecular weight is 271 g/mol. The fourth-order valence-corrected chi connectivity index (χ4v) is 3.35. The molecule has 1 N–H and O–H groups in total. The second-order valence-corrected chi connectivity index (χ2v) is 5.73. The molecular weight excluding hydrogens is 254 g/mol. The number of aromatic nitrogens is 1. The lowest BCUT2D eigenvalue weighted by atomic mass is 9.84. The van der Waals surface area contributed by atoms with Crippen LogP contribution >= 0.6 is 0 Å². The van der Waals surface area contributed by atoms with Crippen LogP contribution in [0.1, 0.15) is 23.4 Å². The lowest BCUT2D eigenvalue weighted by Crippen LogP contribution is -2.57. The van der Waals surface area contributed by atoms with Crippen molar-refractivity contribution in [2.75, 3.05) is 19.6 Å². The van der Waals surface area contributed by atoms with Gasteiger partial charge in [0.25, 0.3) is 5.91 Å². The molecule has 3 aliphatic rings. The zero-order chi connectivity index (χ0) is 13.5. The summed E-state index contributed by atoms with van der Waals surface area (Å²) in [5.74, 6) is 0.850. The molecule has 3 aliphatic heterocycles. The fraction of sp³-hybridized carbons (Fsp3) is 0.467. The number of nitrogens with zero attached hydrogens (tertiary/aromatic N) is 2. The Hall–Kier alpha value is -1.88. The van der Waals surface area contributed by atoms with Gasteiger partial charge in [0, 0.05) is 24.2 Å². The third kappa shape index (κ3) is 1.98. The molecule has 2 aromatic heterocycles. The normalized spacial score (nSPS) is 28.7. The summed E-state index contributed by atoms with van der Waals surface area (Å²) >= 11 is 0. The molecule has 0 unspecified atom stereocenters. The van der Waals surface area contributed by atoms with E-state index in [0.717, 1.165) is 11.9 Å². The molecule has 2 bridgehead atoms. The van der Waals surface area contributed by atoms with Crippen LogP contribution in [-0.4, -0.2) is 41.5 Å². The number of hydrogen-bond donors (Lipinski definition) is 1. The molecule has 0 spiro atoms. The third-order valence-electron chi connectivity index (χ3n) is 4.49. The van der Waals surface area contributed by atoms with Gasteiger partial charge >= 0.3 is 0 Å². The summed E-state index contributed by atoms with van der Waals surface area (Å²) in [4.78, 5) is 18.8. The summed E-state index contributed by atoms with van der Waals surface area (Å²) in [6.07, 6.45) is 4.04. The molecule has 0 saturated carbocycles. The van der Waals surface area contributed by atoms with E-state index in [1.54, 1.807) is 12.3 Å². The van der Waals surface area contributed by atoms with Crippen LogP contribution in [-0.2, 0) is 0 Å². The molecule has 0 aromatic carbocycles. The molecule has 5 rings (SSSR count). The number of piperidine rings is 3. The van der Waals surface area contributed by atoms with Gasteiger partial charge < -0.3 is 14.6 Å². The molecule has 104 valence electrons.